The van der Waals surface area contributed by atoms with Crippen LogP contribution >= 0.6 is 15.6 Å². The summed E-state index contributed by atoms with van der Waals surface area (Å²) in [5, 5.41) is 10.6. The Bertz CT molecular complexity index is 1860. The molecule has 0 saturated carbocycles. The summed E-state index contributed by atoms with van der Waals surface area (Å²) in [5.74, 6) is -2.10. The third-order valence-corrected chi connectivity index (χ3v) is 20.5. The van der Waals surface area contributed by atoms with E-state index >= 15 is 0 Å². The van der Waals surface area contributed by atoms with Crippen LogP contribution in [-0.2, 0) is 65.4 Å². The van der Waals surface area contributed by atoms with Crippen molar-refractivity contribution in [1.82, 2.24) is 0 Å². The van der Waals surface area contributed by atoms with E-state index in [1.54, 1.807) is 0 Å². The van der Waals surface area contributed by atoms with Gasteiger partial charge in [0.05, 0.1) is 26.4 Å². The molecule has 0 fully saturated rings. The van der Waals surface area contributed by atoms with Crippen molar-refractivity contribution in [2.45, 2.75) is 444 Å². The summed E-state index contributed by atoms with van der Waals surface area (Å²) in [7, 11) is -9.91. The van der Waals surface area contributed by atoms with Gasteiger partial charge in [0.15, 0.2) is 12.2 Å². The number of unbranched alkanes of at least 4 members (excludes halogenated alkanes) is 54. The fourth-order valence-corrected chi connectivity index (χ4v) is 13.9. The molecule has 0 aliphatic heterocycles. The van der Waals surface area contributed by atoms with Crippen LogP contribution in [-0.4, -0.2) is 96.7 Å². The molecule has 0 saturated heterocycles. The Labute approximate surface area is 600 Å². The number of hydrogen-bond acceptors (Lipinski definition) is 15. The third kappa shape index (κ3) is 72.4. The van der Waals surface area contributed by atoms with Crippen LogP contribution < -0.4 is 0 Å². The maximum absolute atomic E-state index is 13.1. The first kappa shape index (κ1) is 96.1. The van der Waals surface area contributed by atoms with Gasteiger partial charge in [-0.1, -0.05) is 374 Å². The van der Waals surface area contributed by atoms with Crippen LogP contribution in [0.4, 0.5) is 0 Å². The minimum Gasteiger partial charge on any atom is -0.462 e. The van der Waals surface area contributed by atoms with E-state index in [-0.39, 0.29) is 25.7 Å². The molecule has 17 nitrogen and oxygen atoms in total. The molecule has 0 bridgehead atoms. The lowest BCUT2D eigenvalue weighted by molar-refractivity contribution is -0.161. The van der Waals surface area contributed by atoms with E-state index in [0.29, 0.717) is 25.7 Å². The van der Waals surface area contributed by atoms with Crippen molar-refractivity contribution < 1.29 is 80.2 Å². The van der Waals surface area contributed by atoms with E-state index in [4.69, 9.17) is 37.0 Å². The summed E-state index contributed by atoms with van der Waals surface area (Å²) in [6.45, 7) is 5.02. The maximum atomic E-state index is 13.1. The number of aliphatic hydroxyl groups is 1. The van der Waals surface area contributed by atoms with Gasteiger partial charge in [0.25, 0.3) is 0 Å². The quantitative estimate of drug-likeness (QED) is 0.0222. The highest BCUT2D eigenvalue weighted by Crippen LogP contribution is 2.45. The third-order valence-electron chi connectivity index (χ3n) is 18.6. The number of rotatable bonds is 80. The Morgan fingerprint density at radius 2 is 0.408 bits per heavy atom. The Kier molecular flexibility index (Phi) is 71.9. The van der Waals surface area contributed by atoms with Crippen molar-refractivity contribution in [2.24, 2.45) is 0 Å². The van der Waals surface area contributed by atoms with Crippen LogP contribution in [0.2, 0.25) is 0 Å². The normalized spacial score (nSPS) is 13.8. The number of carbonyl (C=O) groups excluding carboxylic acids is 4. The number of esters is 4. The summed E-state index contributed by atoms with van der Waals surface area (Å²) in [5.41, 5.74) is 0. The van der Waals surface area contributed by atoms with Crippen molar-refractivity contribution in [2.75, 3.05) is 39.6 Å². The van der Waals surface area contributed by atoms with Crippen molar-refractivity contribution in [3.63, 3.8) is 0 Å². The maximum Gasteiger partial charge on any atom is 0.472 e. The van der Waals surface area contributed by atoms with Gasteiger partial charge in [0.1, 0.15) is 19.3 Å². The minimum absolute atomic E-state index is 0.109. The fourth-order valence-electron chi connectivity index (χ4n) is 12.3. The lowest BCUT2D eigenvalue weighted by Gasteiger charge is -2.21. The van der Waals surface area contributed by atoms with E-state index in [1.165, 1.54) is 257 Å². The molecule has 0 aliphatic rings. The molecule has 0 spiro atoms. The van der Waals surface area contributed by atoms with Gasteiger partial charge < -0.3 is 33.8 Å². The van der Waals surface area contributed by atoms with Crippen LogP contribution in [0.5, 0.6) is 0 Å². The number of carbonyl (C=O) groups is 4. The smallest absolute Gasteiger partial charge is 0.462 e. The molecule has 0 aliphatic carbocycles. The van der Waals surface area contributed by atoms with Gasteiger partial charge in [-0.15, -0.1) is 0 Å². The summed E-state index contributed by atoms with van der Waals surface area (Å²) in [6.07, 6.45) is 65.0. The van der Waals surface area contributed by atoms with Gasteiger partial charge in [0, 0.05) is 25.7 Å². The highest BCUT2D eigenvalue weighted by Gasteiger charge is 2.30. The lowest BCUT2D eigenvalue weighted by atomic mass is 10.0. The standard InChI is InChI=1S/C79H154O17P2/c1-5-9-13-17-21-25-29-32-34-36-38-41-44-48-52-56-60-64-77(82)90-70-75(96-79(84)66-62-58-54-50-46-42-39-37-35-33-30-26-22-18-14-10-6-2)72-94-98(87,88)92-68-73(80)67-91-97(85,86)93-71-74(69-89-76(81)63-59-55-51-47-43-28-24-20-16-12-8-4)95-78(83)65-61-57-53-49-45-40-31-27-23-19-15-11-7-3/h73-75,80H,5-72H2,1-4H3,(H,85,86)(H,87,88)/t73-,74+,75+/m0/s1. The minimum atomic E-state index is -4.96. The molecule has 0 aromatic carbocycles. The monoisotopic (exact) mass is 1440 g/mol. The van der Waals surface area contributed by atoms with Crippen molar-refractivity contribution in [3.05, 3.63) is 0 Å². The van der Waals surface area contributed by atoms with E-state index in [2.05, 4.69) is 27.7 Å². The largest absolute Gasteiger partial charge is 0.472 e. The number of phosphoric ester groups is 2. The fraction of sp³-hybridized carbons (Fsp3) is 0.949. The molecule has 0 rings (SSSR count). The summed E-state index contributed by atoms with van der Waals surface area (Å²) >= 11 is 0. The molecule has 2 unspecified atom stereocenters. The molecule has 0 aromatic rings. The zero-order chi connectivity index (χ0) is 71.8. The Morgan fingerprint density at radius 3 is 0.602 bits per heavy atom. The van der Waals surface area contributed by atoms with Crippen molar-refractivity contribution >= 4 is 39.5 Å². The van der Waals surface area contributed by atoms with E-state index in [0.717, 1.165) is 89.9 Å². The first-order valence-corrected chi connectivity index (χ1v) is 44.3. The van der Waals surface area contributed by atoms with Crippen LogP contribution in [0.25, 0.3) is 0 Å². The van der Waals surface area contributed by atoms with Crippen LogP contribution in [0, 0.1) is 0 Å². The first-order chi connectivity index (χ1) is 47.7. The molecule has 5 atom stereocenters. The second-order valence-corrected chi connectivity index (χ2v) is 31.4. The van der Waals surface area contributed by atoms with Gasteiger partial charge in [-0.3, -0.25) is 37.3 Å². The van der Waals surface area contributed by atoms with Gasteiger partial charge in [0.2, 0.25) is 0 Å². The Hall–Kier alpha value is -1.94. The number of hydrogen-bond donors (Lipinski definition) is 3. The lowest BCUT2D eigenvalue weighted by Crippen LogP contribution is -2.30. The molecule has 582 valence electrons. The number of phosphoric acid groups is 2. The Morgan fingerprint density at radius 1 is 0.245 bits per heavy atom. The summed E-state index contributed by atoms with van der Waals surface area (Å²) < 4.78 is 68.7. The number of aliphatic hydroxyl groups excluding tert-OH is 1. The molecule has 19 heteroatoms. The van der Waals surface area contributed by atoms with E-state index in [9.17, 15) is 43.2 Å². The Balaban J connectivity index is 5.24. The van der Waals surface area contributed by atoms with Crippen molar-refractivity contribution in [3.8, 4) is 0 Å². The highest BCUT2D eigenvalue weighted by molar-refractivity contribution is 7.47. The molecule has 3 N–H and O–H groups in total. The van der Waals surface area contributed by atoms with Crippen LogP contribution in [0.15, 0.2) is 0 Å². The topological polar surface area (TPSA) is 237 Å². The summed E-state index contributed by atoms with van der Waals surface area (Å²) in [4.78, 5) is 73.0. The first-order valence-electron chi connectivity index (χ1n) is 41.3. The second kappa shape index (κ2) is 73.4. The molecular weight excluding hydrogens is 1280 g/mol. The molecule has 0 radical (unpaired) electrons. The van der Waals surface area contributed by atoms with Gasteiger partial charge in [-0.25, -0.2) is 9.13 Å². The molecule has 0 heterocycles. The van der Waals surface area contributed by atoms with Crippen molar-refractivity contribution in [1.29, 1.82) is 0 Å². The zero-order valence-electron chi connectivity index (χ0n) is 63.8. The van der Waals surface area contributed by atoms with E-state index in [1.807, 2.05) is 0 Å². The number of ether oxygens (including phenoxy) is 4. The molecule has 0 aromatic heterocycles. The SMILES string of the molecule is CCCCCCCCCCCCCCCCCCCC(=O)OC[C@H](COP(=O)(O)OC[C@@H](O)COP(=O)(O)OC[C@@H](COC(=O)CCCCCCCCCCCCC)OC(=O)CCCCCCCCCCCCCCC)OC(=O)CCCCCCCCCCCCCCCCCCC. The van der Waals surface area contributed by atoms with Gasteiger partial charge in [-0.05, 0) is 25.7 Å². The van der Waals surface area contributed by atoms with E-state index < -0.39 is 97.5 Å². The van der Waals surface area contributed by atoms with Crippen LogP contribution in [0.1, 0.15) is 426 Å². The highest BCUT2D eigenvalue weighted by atomic mass is 31.2. The predicted molar refractivity (Wildman–Crippen MR) is 400 cm³/mol. The van der Waals surface area contributed by atoms with Gasteiger partial charge in [-0.2, -0.15) is 0 Å². The van der Waals surface area contributed by atoms with Gasteiger partial charge >= 0.3 is 39.5 Å². The average Bonchev–Trinajstić information content (AvgIpc) is 0.987. The zero-order valence-corrected chi connectivity index (χ0v) is 65.6. The molecule has 0 amide bonds. The average molecular weight is 1440 g/mol. The predicted octanol–water partition coefficient (Wildman–Crippen LogP) is 23.8. The van der Waals surface area contributed by atoms with Crippen LogP contribution in [0.3, 0.4) is 0 Å². The second-order valence-electron chi connectivity index (χ2n) is 28.5. The molecular formula is C79H154O17P2. The molecule has 98 heavy (non-hydrogen) atoms. The summed E-state index contributed by atoms with van der Waals surface area (Å²) in [6, 6.07) is 0.